The van der Waals surface area contributed by atoms with E-state index in [-0.39, 0.29) is 29.9 Å². The van der Waals surface area contributed by atoms with E-state index in [9.17, 15) is 14.4 Å². The summed E-state index contributed by atoms with van der Waals surface area (Å²) in [7, 11) is 2.82. The molecule has 5 rings (SSSR count). The number of hydrogen-bond donors (Lipinski definition) is 3. The molecule has 0 spiro atoms. The Morgan fingerprint density at radius 1 is 1.19 bits per heavy atom. The number of fused-ring (bicyclic) bond motifs is 4. The van der Waals surface area contributed by atoms with Crippen LogP contribution in [0.15, 0.2) is 36.4 Å². The lowest BCUT2D eigenvalue weighted by Crippen LogP contribution is -2.42. The molecule has 0 bridgehead atoms. The van der Waals surface area contributed by atoms with Crippen LogP contribution in [0.25, 0.3) is 10.9 Å². The van der Waals surface area contributed by atoms with E-state index in [1.165, 1.54) is 21.1 Å². The van der Waals surface area contributed by atoms with Crippen LogP contribution in [0.3, 0.4) is 0 Å². The lowest BCUT2D eigenvalue weighted by atomic mass is 9.89. The monoisotopic (exact) mass is 495 g/mol. The summed E-state index contributed by atoms with van der Waals surface area (Å²) in [5, 5.41) is 12.4. The van der Waals surface area contributed by atoms with Crippen molar-refractivity contribution in [3.05, 3.63) is 53.2 Å². The van der Waals surface area contributed by atoms with E-state index in [2.05, 4.69) is 10.3 Å². The highest BCUT2D eigenvalue weighted by Crippen LogP contribution is 2.47. The molecule has 3 aromatic rings. The zero-order valence-corrected chi connectivity index (χ0v) is 19.9. The molecule has 2 aromatic carbocycles. The number of aromatic amines is 1. The fraction of sp³-hybridized carbons (Fsp3) is 0.320. The van der Waals surface area contributed by atoms with Crippen LogP contribution in [-0.2, 0) is 16.0 Å². The van der Waals surface area contributed by atoms with Crippen molar-refractivity contribution in [2.45, 2.75) is 31.5 Å². The summed E-state index contributed by atoms with van der Waals surface area (Å²) in [6, 6.07) is 9.46. The van der Waals surface area contributed by atoms with Crippen LogP contribution < -0.4 is 19.5 Å². The van der Waals surface area contributed by atoms with Crippen molar-refractivity contribution < 1.29 is 38.4 Å². The second-order valence-corrected chi connectivity index (χ2v) is 8.66. The van der Waals surface area contributed by atoms with Gasteiger partial charge in [0.05, 0.1) is 20.3 Å². The number of rotatable bonds is 6. The molecular weight excluding hydrogens is 470 g/mol. The van der Waals surface area contributed by atoms with Crippen molar-refractivity contribution in [3.63, 3.8) is 0 Å². The van der Waals surface area contributed by atoms with Gasteiger partial charge in [0, 0.05) is 16.6 Å². The van der Waals surface area contributed by atoms with E-state index in [1.54, 1.807) is 17.0 Å². The van der Waals surface area contributed by atoms with Crippen LogP contribution in [0, 0.1) is 0 Å². The van der Waals surface area contributed by atoms with Gasteiger partial charge in [-0.15, -0.1) is 0 Å². The average molecular weight is 495 g/mol. The molecule has 188 valence electrons. The van der Waals surface area contributed by atoms with Gasteiger partial charge in [-0.3, -0.25) is 9.69 Å². The van der Waals surface area contributed by atoms with Gasteiger partial charge in [-0.2, -0.15) is 0 Å². The maximum absolute atomic E-state index is 12.8. The fourth-order valence-corrected chi connectivity index (χ4v) is 4.84. The topological polar surface area (TPSA) is 139 Å². The van der Waals surface area contributed by atoms with E-state index in [0.29, 0.717) is 12.0 Å². The molecule has 0 aliphatic carbocycles. The minimum atomic E-state index is -1.21. The number of aliphatic carboxylic acids is 1. The molecular formula is C25H25N3O8. The number of cyclic esters (lactones) is 1. The summed E-state index contributed by atoms with van der Waals surface area (Å²) in [4.78, 5) is 41.4. The van der Waals surface area contributed by atoms with E-state index >= 15 is 0 Å². The largest absolute Gasteiger partial charge is 0.493 e. The SMILES string of the molecule is COc1cc([C@@H]2c3[nH]c4ccccc4c3C[C@H]3COC(=O)N32)cc(OC)c1OC(=O)N[C@@H](C)C(=O)O. The quantitative estimate of drug-likeness (QED) is 0.474. The molecule has 0 saturated carbocycles. The van der Waals surface area contributed by atoms with E-state index in [0.717, 1.165) is 22.2 Å². The minimum Gasteiger partial charge on any atom is -0.493 e. The number of benzene rings is 2. The van der Waals surface area contributed by atoms with Gasteiger partial charge in [0.1, 0.15) is 18.7 Å². The summed E-state index contributed by atoms with van der Waals surface area (Å²) in [5.74, 6) is -0.878. The number of carbonyl (C=O) groups is 3. The van der Waals surface area contributed by atoms with E-state index < -0.39 is 30.2 Å². The molecule has 0 unspecified atom stereocenters. The van der Waals surface area contributed by atoms with Gasteiger partial charge in [-0.05, 0) is 42.7 Å². The summed E-state index contributed by atoms with van der Waals surface area (Å²) in [5.41, 5.74) is 3.59. The van der Waals surface area contributed by atoms with Gasteiger partial charge in [-0.25, -0.2) is 9.59 Å². The van der Waals surface area contributed by atoms with Crippen LogP contribution in [0.2, 0.25) is 0 Å². The molecule has 1 saturated heterocycles. The molecule has 1 aromatic heterocycles. The molecule has 3 atom stereocenters. The second kappa shape index (κ2) is 8.99. The molecule has 3 N–H and O–H groups in total. The highest BCUT2D eigenvalue weighted by Gasteiger charge is 2.46. The van der Waals surface area contributed by atoms with Crippen LogP contribution in [0.5, 0.6) is 17.2 Å². The summed E-state index contributed by atoms with van der Waals surface area (Å²) in [6.45, 7) is 1.60. The zero-order chi connectivity index (χ0) is 25.6. The molecule has 0 radical (unpaired) electrons. The molecule has 11 heteroatoms. The Hall–Kier alpha value is -4.41. The number of amides is 2. The van der Waals surface area contributed by atoms with Gasteiger partial charge in [0.25, 0.3) is 0 Å². The summed E-state index contributed by atoms with van der Waals surface area (Å²) in [6.07, 6.45) is -0.749. The highest BCUT2D eigenvalue weighted by atomic mass is 16.6. The lowest BCUT2D eigenvalue weighted by molar-refractivity contribution is -0.138. The van der Waals surface area contributed by atoms with Crippen LogP contribution in [0.4, 0.5) is 9.59 Å². The van der Waals surface area contributed by atoms with Crippen molar-refractivity contribution >= 4 is 29.1 Å². The lowest BCUT2D eigenvalue weighted by Gasteiger charge is -2.36. The van der Waals surface area contributed by atoms with Crippen LogP contribution in [-0.4, -0.2) is 66.1 Å². The molecule has 11 nitrogen and oxygen atoms in total. The number of carboxylic acids is 1. The summed E-state index contributed by atoms with van der Waals surface area (Å²) >= 11 is 0. The first-order chi connectivity index (χ1) is 17.3. The van der Waals surface area contributed by atoms with Gasteiger partial charge in [0.15, 0.2) is 11.5 Å². The molecule has 1 fully saturated rings. The number of ether oxygens (including phenoxy) is 4. The number of nitrogens with one attached hydrogen (secondary N) is 2. The van der Waals surface area contributed by atoms with E-state index in [4.69, 9.17) is 24.1 Å². The number of aromatic nitrogens is 1. The van der Waals surface area contributed by atoms with Crippen LogP contribution >= 0.6 is 0 Å². The molecule has 3 heterocycles. The number of carbonyl (C=O) groups excluding carboxylic acids is 2. The summed E-state index contributed by atoms with van der Waals surface area (Å²) < 4.78 is 21.8. The van der Waals surface area contributed by atoms with Gasteiger partial charge in [0.2, 0.25) is 5.75 Å². The van der Waals surface area contributed by atoms with Crippen molar-refractivity contribution in [1.29, 1.82) is 0 Å². The number of para-hydroxylation sites is 1. The molecule has 2 amide bonds. The Morgan fingerprint density at radius 3 is 2.56 bits per heavy atom. The smallest absolute Gasteiger partial charge is 0.413 e. The standard InChI is InChI=1S/C25H25N3O8/c1-12(23(29)30)26-24(31)36-22-18(33-2)8-13(9-19(22)34-3)21-20-16(10-14-11-35-25(32)28(14)21)15-6-4-5-7-17(15)27-20/h4-9,12,14,21,27H,10-11H2,1-3H3,(H,26,31)(H,29,30)/t12-,14-,21+/m0/s1. The number of carboxylic acid groups (broad SMARTS) is 1. The third-order valence-corrected chi connectivity index (χ3v) is 6.54. The van der Waals surface area contributed by atoms with Crippen molar-refractivity contribution in [3.8, 4) is 17.2 Å². The Bertz CT molecular complexity index is 1340. The Morgan fingerprint density at radius 2 is 1.89 bits per heavy atom. The van der Waals surface area contributed by atoms with E-state index in [1.807, 2.05) is 24.3 Å². The van der Waals surface area contributed by atoms with Crippen LogP contribution in [0.1, 0.15) is 29.8 Å². The third kappa shape index (κ3) is 3.82. The first kappa shape index (κ1) is 23.3. The Labute approximate surface area is 205 Å². The van der Waals surface area contributed by atoms with Gasteiger partial charge >= 0.3 is 18.2 Å². The third-order valence-electron chi connectivity index (χ3n) is 6.54. The second-order valence-electron chi connectivity index (χ2n) is 8.66. The minimum absolute atomic E-state index is 0.0212. The normalized spacial score (nSPS) is 19.2. The first-order valence-electron chi connectivity index (χ1n) is 11.3. The predicted molar refractivity (Wildman–Crippen MR) is 127 cm³/mol. The zero-order valence-electron chi connectivity index (χ0n) is 19.9. The Balaban J connectivity index is 1.60. The number of H-pyrrole nitrogens is 1. The maximum Gasteiger partial charge on any atom is 0.413 e. The fourth-order valence-electron chi connectivity index (χ4n) is 4.84. The van der Waals surface area contributed by atoms with Gasteiger partial charge in [-0.1, -0.05) is 18.2 Å². The highest BCUT2D eigenvalue weighted by molar-refractivity contribution is 5.87. The molecule has 2 aliphatic heterocycles. The Kier molecular flexibility index (Phi) is 5.83. The van der Waals surface area contributed by atoms with Crippen molar-refractivity contribution in [2.75, 3.05) is 20.8 Å². The number of hydrogen-bond acceptors (Lipinski definition) is 7. The van der Waals surface area contributed by atoms with Crippen molar-refractivity contribution in [1.82, 2.24) is 15.2 Å². The van der Waals surface area contributed by atoms with Gasteiger partial charge < -0.3 is 34.4 Å². The number of methoxy groups -OCH3 is 2. The van der Waals surface area contributed by atoms with Crippen molar-refractivity contribution in [2.24, 2.45) is 0 Å². The maximum atomic E-state index is 12.8. The average Bonchev–Trinajstić information content (AvgIpc) is 3.42. The number of nitrogens with zero attached hydrogens (tertiary/aromatic N) is 1. The molecule has 2 aliphatic rings. The predicted octanol–water partition coefficient (Wildman–Crippen LogP) is 3.21. The molecule has 36 heavy (non-hydrogen) atoms. The first-order valence-corrected chi connectivity index (χ1v) is 11.3.